The highest BCUT2D eigenvalue weighted by Gasteiger charge is 2.27. The van der Waals surface area contributed by atoms with E-state index in [4.69, 9.17) is 20.8 Å². The summed E-state index contributed by atoms with van der Waals surface area (Å²) in [5, 5.41) is 13.4. The summed E-state index contributed by atoms with van der Waals surface area (Å²) in [6.07, 6.45) is -1.38. The van der Waals surface area contributed by atoms with E-state index >= 15 is 0 Å². The summed E-state index contributed by atoms with van der Waals surface area (Å²) < 4.78 is 11.7. The van der Waals surface area contributed by atoms with E-state index in [1.54, 1.807) is 54.6 Å². The van der Waals surface area contributed by atoms with Gasteiger partial charge in [0.25, 0.3) is 11.6 Å². The fourth-order valence-corrected chi connectivity index (χ4v) is 3.50. The van der Waals surface area contributed by atoms with Gasteiger partial charge in [0.1, 0.15) is 6.54 Å². The minimum Gasteiger partial charge on any atom is -0.446 e. The van der Waals surface area contributed by atoms with E-state index in [1.807, 2.05) is 0 Å². The quantitative estimate of drug-likeness (QED) is 0.239. The van der Waals surface area contributed by atoms with Gasteiger partial charge in [-0.25, -0.2) is 4.79 Å². The van der Waals surface area contributed by atoms with Gasteiger partial charge >= 0.3 is 11.7 Å². The van der Waals surface area contributed by atoms with Gasteiger partial charge in [-0.15, -0.1) is 0 Å². The second-order valence-electron chi connectivity index (χ2n) is 7.11. The zero-order valence-corrected chi connectivity index (χ0v) is 18.1. The van der Waals surface area contributed by atoms with Crippen LogP contribution in [0, 0.1) is 10.1 Å². The molecule has 1 heterocycles. The summed E-state index contributed by atoms with van der Waals surface area (Å²) in [5.41, 5.74) is 0.946. The van der Waals surface area contributed by atoms with Gasteiger partial charge in [0.15, 0.2) is 5.58 Å². The van der Waals surface area contributed by atoms with E-state index in [2.05, 4.69) is 5.32 Å². The maximum absolute atomic E-state index is 13.0. The van der Waals surface area contributed by atoms with Gasteiger partial charge in [0, 0.05) is 17.7 Å². The van der Waals surface area contributed by atoms with Gasteiger partial charge in [-0.3, -0.25) is 24.3 Å². The van der Waals surface area contributed by atoms with Crippen LogP contribution in [0.2, 0.25) is 5.02 Å². The number of nitro benzene ring substituents is 1. The molecule has 0 aliphatic carbocycles. The highest BCUT2D eigenvalue weighted by Crippen LogP contribution is 2.28. The molecule has 1 atom stereocenters. The number of carbonyl (C=O) groups is 2. The number of nitrogens with one attached hydrogen (secondary N) is 1. The molecule has 1 N–H and O–H groups in total. The first kappa shape index (κ1) is 22.7. The Balaban J connectivity index is 1.57. The molecule has 172 valence electrons. The number of halogens is 1. The van der Waals surface area contributed by atoms with Crippen molar-refractivity contribution in [2.45, 2.75) is 12.6 Å². The van der Waals surface area contributed by atoms with E-state index in [1.165, 1.54) is 12.1 Å². The average molecular weight is 482 g/mol. The van der Waals surface area contributed by atoms with Crippen LogP contribution in [0.15, 0.2) is 82.0 Å². The Bertz CT molecular complexity index is 1450. The SMILES string of the molecule is O=C(Cn1c(=O)oc2ccccc21)OC(C(=O)Nc1ccc([N+](=O)[O-])cc1Cl)c1ccccc1. The molecule has 4 aromatic rings. The first-order valence-corrected chi connectivity index (χ1v) is 10.3. The molecule has 11 heteroatoms. The molecule has 0 saturated carbocycles. The summed E-state index contributed by atoms with van der Waals surface area (Å²) >= 11 is 6.07. The van der Waals surface area contributed by atoms with E-state index in [9.17, 15) is 24.5 Å². The summed E-state index contributed by atoms with van der Waals surface area (Å²) in [4.78, 5) is 48.2. The van der Waals surface area contributed by atoms with Gasteiger partial charge in [0.2, 0.25) is 6.10 Å². The fourth-order valence-electron chi connectivity index (χ4n) is 3.28. The van der Waals surface area contributed by atoms with Crippen LogP contribution in [0.25, 0.3) is 11.1 Å². The first-order chi connectivity index (χ1) is 16.3. The van der Waals surface area contributed by atoms with Crippen molar-refractivity contribution >= 4 is 46.0 Å². The smallest absolute Gasteiger partial charge is 0.420 e. The van der Waals surface area contributed by atoms with Gasteiger partial charge in [-0.2, -0.15) is 0 Å². The number of hydrogen-bond acceptors (Lipinski definition) is 7. The lowest BCUT2D eigenvalue weighted by atomic mass is 10.1. The Morgan fingerprint density at radius 3 is 2.50 bits per heavy atom. The minimum atomic E-state index is -1.38. The van der Waals surface area contributed by atoms with Crippen molar-refractivity contribution in [1.29, 1.82) is 0 Å². The number of rotatable bonds is 7. The molecule has 10 nitrogen and oxygen atoms in total. The van der Waals surface area contributed by atoms with Crippen molar-refractivity contribution in [3.05, 3.63) is 104 Å². The van der Waals surface area contributed by atoms with Gasteiger partial charge in [-0.05, 0) is 18.2 Å². The topological polar surface area (TPSA) is 134 Å². The number of ether oxygens (including phenoxy) is 1. The number of carbonyl (C=O) groups excluding carboxylic acids is 2. The number of oxazole rings is 1. The van der Waals surface area contributed by atoms with Crippen LogP contribution >= 0.6 is 11.6 Å². The van der Waals surface area contributed by atoms with Crippen LogP contribution in [-0.4, -0.2) is 21.4 Å². The second-order valence-corrected chi connectivity index (χ2v) is 7.52. The molecule has 1 amide bonds. The summed E-state index contributed by atoms with van der Waals surface area (Å²) in [5.74, 6) is -2.33. The molecule has 0 spiro atoms. The fraction of sp³-hybridized carbons (Fsp3) is 0.0870. The van der Waals surface area contributed by atoms with Crippen molar-refractivity contribution < 1.29 is 23.7 Å². The van der Waals surface area contributed by atoms with Crippen LogP contribution in [0.5, 0.6) is 0 Å². The molecule has 0 saturated heterocycles. The standard InChI is InChI=1S/C23H16ClN3O7/c24-16-12-15(27(31)32)10-11-17(16)25-22(29)21(14-6-2-1-3-7-14)34-20(28)13-26-18-8-4-5-9-19(18)33-23(26)30/h1-12,21H,13H2,(H,25,29). The molecule has 34 heavy (non-hydrogen) atoms. The Morgan fingerprint density at radius 2 is 1.79 bits per heavy atom. The normalized spacial score (nSPS) is 11.7. The van der Waals surface area contributed by atoms with Crippen LogP contribution in [0.3, 0.4) is 0 Å². The Morgan fingerprint density at radius 1 is 1.09 bits per heavy atom. The molecule has 1 aromatic heterocycles. The molecule has 0 radical (unpaired) electrons. The van der Waals surface area contributed by atoms with E-state index in [0.29, 0.717) is 16.7 Å². The lowest BCUT2D eigenvalue weighted by Crippen LogP contribution is -2.29. The number of esters is 1. The van der Waals surface area contributed by atoms with Crippen molar-refractivity contribution in [3.63, 3.8) is 0 Å². The number of para-hydroxylation sites is 2. The molecular formula is C23H16ClN3O7. The van der Waals surface area contributed by atoms with E-state index < -0.39 is 35.2 Å². The Labute approximate surface area is 196 Å². The molecule has 4 rings (SSSR count). The number of nitro groups is 1. The largest absolute Gasteiger partial charge is 0.446 e. The third-order valence-electron chi connectivity index (χ3n) is 4.87. The maximum atomic E-state index is 13.0. The Kier molecular flexibility index (Phi) is 6.42. The number of aromatic nitrogens is 1. The monoisotopic (exact) mass is 481 g/mol. The highest BCUT2D eigenvalue weighted by molar-refractivity contribution is 6.34. The van der Waals surface area contributed by atoms with Crippen LogP contribution in [0.4, 0.5) is 11.4 Å². The number of benzene rings is 3. The Hall–Kier alpha value is -4.44. The van der Waals surface area contributed by atoms with Crippen molar-refractivity contribution in [2.24, 2.45) is 0 Å². The summed E-state index contributed by atoms with van der Waals surface area (Å²) in [6, 6.07) is 18.4. The predicted octanol–water partition coefficient (Wildman–Crippen LogP) is 4.08. The highest BCUT2D eigenvalue weighted by atomic mass is 35.5. The number of amides is 1. The second kappa shape index (κ2) is 9.59. The summed E-state index contributed by atoms with van der Waals surface area (Å²) in [7, 11) is 0. The average Bonchev–Trinajstić information content (AvgIpc) is 3.14. The third-order valence-corrected chi connectivity index (χ3v) is 5.18. The van der Waals surface area contributed by atoms with Crippen molar-refractivity contribution in [2.75, 3.05) is 5.32 Å². The van der Waals surface area contributed by atoms with Gasteiger partial charge in [0.05, 0.1) is 21.2 Å². The first-order valence-electron chi connectivity index (χ1n) is 9.91. The molecule has 0 aliphatic rings. The van der Waals surface area contributed by atoms with E-state index in [0.717, 1.165) is 10.6 Å². The molecule has 0 bridgehead atoms. The van der Waals surface area contributed by atoms with Crippen molar-refractivity contribution in [3.8, 4) is 0 Å². The summed E-state index contributed by atoms with van der Waals surface area (Å²) in [6.45, 7) is -0.481. The molecule has 0 aliphatic heterocycles. The van der Waals surface area contributed by atoms with Crippen molar-refractivity contribution in [1.82, 2.24) is 4.57 Å². The third kappa shape index (κ3) is 4.81. The predicted molar refractivity (Wildman–Crippen MR) is 122 cm³/mol. The number of anilines is 1. The van der Waals surface area contributed by atoms with Gasteiger partial charge < -0.3 is 14.5 Å². The molecule has 0 fully saturated rings. The number of fused-ring (bicyclic) bond motifs is 1. The molecule has 3 aromatic carbocycles. The van der Waals surface area contributed by atoms with Crippen LogP contribution in [0.1, 0.15) is 11.7 Å². The van der Waals surface area contributed by atoms with Crippen LogP contribution in [-0.2, 0) is 20.9 Å². The number of non-ortho nitro benzene ring substituents is 1. The zero-order chi connectivity index (χ0) is 24.2. The minimum absolute atomic E-state index is 0.0582. The lowest BCUT2D eigenvalue weighted by Gasteiger charge is -2.18. The lowest BCUT2D eigenvalue weighted by molar-refractivity contribution is -0.384. The maximum Gasteiger partial charge on any atom is 0.420 e. The number of nitrogens with zero attached hydrogens (tertiary/aromatic N) is 2. The van der Waals surface area contributed by atoms with Crippen LogP contribution < -0.4 is 11.1 Å². The number of hydrogen-bond donors (Lipinski definition) is 1. The molecular weight excluding hydrogens is 466 g/mol. The molecule has 1 unspecified atom stereocenters. The van der Waals surface area contributed by atoms with E-state index in [-0.39, 0.29) is 16.4 Å². The van der Waals surface area contributed by atoms with Gasteiger partial charge in [-0.1, -0.05) is 54.1 Å². The zero-order valence-electron chi connectivity index (χ0n) is 17.3.